The average Bonchev–Trinajstić information content (AvgIpc) is 3.39. The van der Waals surface area contributed by atoms with Gasteiger partial charge in [0.25, 0.3) is 0 Å². The van der Waals surface area contributed by atoms with E-state index in [0.29, 0.717) is 29.1 Å². The van der Waals surface area contributed by atoms with E-state index in [1.165, 1.54) is 12.1 Å². The molecule has 0 unspecified atom stereocenters. The lowest BCUT2D eigenvalue weighted by molar-refractivity contribution is -0.147. The molecule has 180 valence electrons. The number of nitriles is 1. The van der Waals surface area contributed by atoms with Crippen molar-refractivity contribution in [3.8, 4) is 17.5 Å². The van der Waals surface area contributed by atoms with Crippen molar-refractivity contribution in [2.45, 2.75) is 62.7 Å². The molecule has 34 heavy (non-hydrogen) atoms. The van der Waals surface area contributed by atoms with Gasteiger partial charge in [0.15, 0.2) is 0 Å². The second-order valence-corrected chi connectivity index (χ2v) is 10.2. The van der Waals surface area contributed by atoms with E-state index in [0.717, 1.165) is 37.9 Å². The Labute approximate surface area is 194 Å². The van der Waals surface area contributed by atoms with Crippen LogP contribution in [0.15, 0.2) is 35.4 Å². The number of hydrogen-bond acceptors (Lipinski definition) is 4. The lowest BCUT2D eigenvalue weighted by atomic mass is 10.1. The molecular weight excluding hydrogens is 472 g/mol. The Kier molecular flexibility index (Phi) is 6.16. The highest BCUT2D eigenvalue weighted by atomic mass is 32.2. The zero-order valence-electron chi connectivity index (χ0n) is 18.4. The number of aromatic nitrogens is 2. The number of nitrogens with one attached hydrogen (secondary N) is 1. The minimum absolute atomic E-state index is 0.0592. The molecule has 0 aliphatic heterocycles. The Hall–Kier alpha value is -2.97. The monoisotopic (exact) mass is 494 g/mol. The second kappa shape index (κ2) is 8.67. The molecule has 3 aromatic rings. The van der Waals surface area contributed by atoms with E-state index < -0.39 is 33.0 Å². The maximum absolute atomic E-state index is 14.4. The maximum Gasteiger partial charge on any atom is 0.404 e. The van der Waals surface area contributed by atoms with Gasteiger partial charge in [0.2, 0.25) is 10.0 Å². The van der Waals surface area contributed by atoms with E-state index in [-0.39, 0.29) is 17.3 Å². The minimum atomic E-state index is -4.74. The van der Waals surface area contributed by atoms with E-state index in [1.54, 1.807) is 17.7 Å². The lowest BCUT2D eigenvalue weighted by Gasteiger charge is -2.19. The van der Waals surface area contributed by atoms with Crippen molar-refractivity contribution in [2.75, 3.05) is 0 Å². The molecule has 11 heteroatoms. The van der Waals surface area contributed by atoms with Crippen LogP contribution in [-0.4, -0.2) is 30.2 Å². The van der Waals surface area contributed by atoms with Crippen molar-refractivity contribution in [2.24, 2.45) is 0 Å². The fourth-order valence-corrected chi connectivity index (χ4v) is 5.56. The highest BCUT2D eigenvalue weighted by Crippen LogP contribution is 2.41. The molecule has 0 spiro atoms. The van der Waals surface area contributed by atoms with Gasteiger partial charge in [-0.25, -0.2) is 12.8 Å². The molecule has 1 atom stereocenters. The molecular formula is C23H22F4N4O2S. The van der Waals surface area contributed by atoms with Gasteiger partial charge in [-0.05, 0) is 56.5 Å². The molecule has 1 saturated carbocycles. The molecule has 2 aromatic heterocycles. The van der Waals surface area contributed by atoms with Crippen LogP contribution >= 0.6 is 0 Å². The van der Waals surface area contributed by atoms with Crippen LogP contribution in [0.25, 0.3) is 22.3 Å². The molecule has 1 aromatic carbocycles. The number of sulfonamides is 1. The van der Waals surface area contributed by atoms with Gasteiger partial charge in [0, 0.05) is 17.6 Å². The van der Waals surface area contributed by atoms with Crippen molar-refractivity contribution in [1.82, 2.24) is 14.3 Å². The number of rotatable bonds is 5. The van der Waals surface area contributed by atoms with Crippen LogP contribution in [0.5, 0.6) is 0 Å². The summed E-state index contributed by atoms with van der Waals surface area (Å²) in [6.45, 7) is 2.35. The normalized spacial score (nSPS) is 16.1. The largest absolute Gasteiger partial charge is 0.404 e. The number of pyridine rings is 1. The summed E-state index contributed by atoms with van der Waals surface area (Å²) in [4.78, 5) is 3.77. The highest BCUT2D eigenvalue weighted by Gasteiger charge is 2.39. The van der Waals surface area contributed by atoms with Crippen molar-refractivity contribution in [1.29, 1.82) is 5.26 Å². The third kappa shape index (κ3) is 4.28. The van der Waals surface area contributed by atoms with E-state index in [1.807, 2.05) is 4.57 Å². The molecule has 6 nitrogen and oxygen atoms in total. The Morgan fingerprint density at radius 3 is 2.47 bits per heavy atom. The van der Waals surface area contributed by atoms with Crippen LogP contribution in [0.2, 0.25) is 0 Å². The van der Waals surface area contributed by atoms with Crippen LogP contribution in [0.3, 0.4) is 0 Å². The average molecular weight is 495 g/mol. The molecule has 2 heterocycles. The summed E-state index contributed by atoms with van der Waals surface area (Å²) in [5.41, 5.74) is 2.05. The predicted molar refractivity (Wildman–Crippen MR) is 118 cm³/mol. The Morgan fingerprint density at radius 1 is 1.24 bits per heavy atom. The van der Waals surface area contributed by atoms with E-state index in [4.69, 9.17) is 0 Å². The van der Waals surface area contributed by atoms with Crippen LogP contribution in [0.4, 0.5) is 17.6 Å². The van der Waals surface area contributed by atoms with Crippen molar-refractivity contribution in [3.63, 3.8) is 0 Å². The molecule has 1 aliphatic rings. The maximum atomic E-state index is 14.4. The fraction of sp³-hybridized carbons (Fsp3) is 0.391. The fourth-order valence-electron chi connectivity index (χ4n) is 4.39. The summed E-state index contributed by atoms with van der Waals surface area (Å²) in [6, 6.07) is 5.43. The summed E-state index contributed by atoms with van der Waals surface area (Å²) in [7, 11) is -4.47. The predicted octanol–water partition coefficient (Wildman–Crippen LogP) is 5.37. The van der Waals surface area contributed by atoms with Gasteiger partial charge < -0.3 is 4.57 Å². The first-order valence-electron chi connectivity index (χ1n) is 10.7. The smallest absolute Gasteiger partial charge is 0.335 e. The van der Waals surface area contributed by atoms with E-state index in [2.05, 4.69) is 11.1 Å². The van der Waals surface area contributed by atoms with Gasteiger partial charge in [-0.15, -0.1) is 0 Å². The molecule has 0 radical (unpaired) electrons. The van der Waals surface area contributed by atoms with Crippen LogP contribution < -0.4 is 4.72 Å². The number of nitrogens with zero attached hydrogens (tertiary/aromatic N) is 3. The first-order valence-corrected chi connectivity index (χ1v) is 12.2. The highest BCUT2D eigenvalue weighted by molar-refractivity contribution is 7.89. The molecule has 0 amide bonds. The van der Waals surface area contributed by atoms with Gasteiger partial charge in [-0.1, -0.05) is 12.8 Å². The first-order chi connectivity index (χ1) is 15.9. The minimum Gasteiger partial charge on any atom is -0.335 e. The molecule has 1 aliphatic carbocycles. The zero-order chi connectivity index (χ0) is 24.8. The van der Waals surface area contributed by atoms with Gasteiger partial charge in [0.1, 0.15) is 22.8 Å². The number of aryl methyl sites for hydroxylation is 1. The Morgan fingerprint density at radius 2 is 1.91 bits per heavy atom. The summed E-state index contributed by atoms with van der Waals surface area (Å²) in [5, 5.41) is 10.4. The Balaban J connectivity index is 1.84. The van der Waals surface area contributed by atoms with Crippen LogP contribution in [0, 0.1) is 24.1 Å². The van der Waals surface area contributed by atoms with Gasteiger partial charge in [-0.3, -0.25) is 4.98 Å². The summed E-state index contributed by atoms with van der Waals surface area (Å²) in [6.07, 6.45) is -0.0469. The van der Waals surface area contributed by atoms with Crippen molar-refractivity contribution >= 4 is 20.9 Å². The lowest BCUT2D eigenvalue weighted by Crippen LogP contribution is -2.42. The molecule has 0 saturated heterocycles. The number of fused-ring (bicyclic) bond motifs is 1. The van der Waals surface area contributed by atoms with Crippen molar-refractivity contribution in [3.05, 3.63) is 47.4 Å². The second-order valence-electron chi connectivity index (χ2n) is 8.53. The van der Waals surface area contributed by atoms with Gasteiger partial charge in [-0.2, -0.15) is 23.2 Å². The number of halogens is 4. The van der Waals surface area contributed by atoms with Crippen molar-refractivity contribution < 1.29 is 26.0 Å². The standard InChI is InChI=1S/C23H22F4N4O2S/c1-13-9-21-17(10-19(13)24)18(11-28)22(31(21)15-5-3-4-6-15)20-8-7-16(12-29-20)34(32,33)30-14(2)23(25,26)27/h7-10,12,14-15,30H,3-6H2,1-2H3/t14-/m0/s1. The zero-order valence-corrected chi connectivity index (χ0v) is 19.3. The number of hydrogen-bond donors (Lipinski definition) is 1. The summed E-state index contributed by atoms with van der Waals surface area (Å²) in [5.74, 6) is -0.446. The van der Waals surface area contributed by atoms with Crippen LogP contribution in [0.1, 0.15) is 49.8 Å². The van der Waals surface area contributed by atoms with E-state index in [9.17, 15) is 31.2 Å². The number of benzene rings is 1. The summed E-state index contributed by atoms with van der Waals surface area (Å²) >= 11 is 0. The summed E-state index contributed by atoms with van der Waals surface area (Å²) < 4.78 is 81.2. The SMILES string of the molecule is Cc1cc2c(cc1F)c(C#N)c(-c1ccc(S(=O)(=O)N[C@@H](C)C(F)(F)F)cn1)n2C1CCCC1. The third-order valence-electron chi connectivity index (χ3n) is 6.20. The van der Waals surface area contributed by atoms with Gasteiger partial charge in [0.05, 0.1) is 22.5 Å². The number of alkyl halides is 3. The van der Waals surface area contributed by atoms with Gasteiger partial charge >= 0.3 is 6.18 Å². The molecule has 4 rings (SSSR count). The van der Waals surface area contributed by atoms with E-state index >= 15 is 0 Å². The topological polar surface area (TPSA) is 87.8 Å². The molecule has 1 N–H and O–H groups in total. The molecule has 1 fully saturated rings. The Bertz CT molecular complexity index is 1380. The van der Waals surface area contributed by atoms with Crippen LogP contribution in [-0.2, 0) is 10.0 Å². The first kappa shape index (κ1) is 24.2. The molecule has 0 bridgehead atoms. The quantitative estimate of drug-likeness (QED) is 0.484. The third-order valence-corrected chi connectivity index (χ3v) is 7.72.